The van der Waals surface area contributed by atoms with Crippen LogP contribution in [0.2, 0.25) is 0 Å². The van der Waals surface area contributed by atoms with Crippen molar-refractivity contribution in [3.63, 3.8) is 0 Å². The second kappa shape index (κ2) is 13.0. The van der Waals surface area contributed by atoms with Gasteiger partial charge < -0.3 is 15.0 Å². The number of hydrogen-bond donors (Lipinski definition) is 0. The van der Waals surface area contributed by atoms with Gasteiger partial charge in [-0.1, -0.05) is 54.4 Å². The molecule has 206 valence electrons. The number of fused-ring (bicyclic) bond motifs is 9. The number of aromatic nitrogens is 3. The summed E-state index contributed by atoms with van der Waals surface area (Å²) < 4.78 is 0. The van der Waals surface area contributed by atoms with Gasteiger partial charge in [0.15, 0.2) is 0 Å². The Morgan fingerprint density at radius 3 is 1.56 bits per heavy atom. The molecule has 0 unspecified atom stereocenters. The Morgan fingerprint density at radius 2 is 0.907 bits per heavy atom. The number of aryl methyl sites for hydroxylation is 2. The number of rotatable bonds is 0. The van der Waals surface area contributed by atoms with Gasteiger partial charge in [-0.15, -0.1) is 105 Å². The average molecular weight is 729 g/mol. The smallest absolute Gasteiger partial charge is 0.304 e. The van der Waals surface area contributed by atoms with Crippen molar-refractivity contribution in [2.45, 2.75) is 12.8 Å². The molecule has 0 N–H and O–H groups in total. The number of nitrogens with zero attached hydrogens (tertiary/aromatic N) is 3. The van der Waals surface area contributed by atoms with Crippen LogP contribution in [0.5, 0.6) is 0 Å². The molecule has 3 heterocycles. The van der Waals surface area contributed by atoms with Crippen LogP contribution >= 0.6 is 0 Å². The van der Waals surface area contributed by atoms with Crippen molar-refractivity contribution in [2.24, 2.45) is 0 Å². The maximum absolute atomic E-state index is 4.43. The Labute approximate surface area is 264 Å². The topological polar surface area (TPSA) is 38.7 Å². The fourth-order valence-corrected chi connectivity index (χ4v) is 5.50. The predicted octanol–water partition coefficient (Wildman–Crippen LogP) is 9.02. The average Bonchev–Trinajstić information content (AvgIpc) is 3.09. The van der Waals surface area contributed by atoms with Crippen LogP contribution in [0.15, 0.2) is 134 Å². The van der Waals surface area contributed by atoms with E-state index >= 15 is 0 Å². The molecule has 0 amide bonds. The zero-order valence-electron chi connectivity index (χ0n) is 23.3. The largest absolute Gasteiger partial charge is 3.00 e. The molecule has 8 aromatic rings. The third-order valence-electron chi connectivity index (χ3n) is 7.55. The standard InChI is InChI=1S/C13H10N.2C13H8N.Ir/c3*1-2-6-12-10(4-1)7-8-11-5-3-9-14-13(11)12;/h1-5,9H,7-8H2;2*1-5,7-9H;/q3*-1;+3. The summed E-state index contributed by atoms with van der Waals surface area (Å²) in [6.45, 7) is 0. The number of benzene rings is 5. The summed E-state index contributed by atoms with van der Waals surface area (Å²) in [6.07, 6.45) is 7.72. The van der Waals surface area contributed by atoms with E-state index in [2.05, 4.69) is 93.8 Å². The Bertz CT molecular complexity index is 1910. The fraction of sp³-hybridized carbons (Fsp3) is 0.0513. The molecule has 5 aromatic carbocycles. The normalized spacial score (nSPS) is 11.3. The fourth-order valence-electron chi connectivity index (χ4n) is 5.50. The van der Waals surface area contributed by atoms with Crippen LogP contribution in [0.3, 0.4) is 0 Å². The molecule has 9 rings (SSSR count). The van der Waals surface area contributed by atoms with Crippen LogP contribution in [-0.4, -0.2) is 15.0 Å². The second-order valence-electron chi connectivity index (χ2n) is 10.1. The molecule has 4 heteroatoms. The van der Waals surface area contributed by atoms with E-state index in [0.717, 1.165) is 40.3 Å². The van der Waals surface area contributed by atoms with E-state index in [1.165, 1.54) is 38.2 Å². The zero-order chi connectivity index (χ0) is 28.1. The van der Waals surface area contributed by atoms with Crippen molar-refractivity contribution in [1.82, 2.24) is 15.0 Å². The first-order chi connectivity index (χ1) is 20.8. The minimum Gasteiger partial charge on any atom is -0.304 e. The molecule has 0 aliphatic heterocycles. The summed E-state index contributed by atoms with van der Waals surface area (Å²) in [7, 11) is 0. The third-order valence-corrected chi connectivity index (χ3v) is 7.55. The molecule has 0 spiro atoms. The third kappa shape index (κ3) is 5.94. The van der Waals surface area contributed by atoms with Crippen molar-refractivity contribution in [1.29, 1.82) is 0 Å². The van der Waals surface area contributed by atoms with E-state index in [-0.39, 0.29) is 20.1 Å². The quantitative estimate of drug-likeness (QED) is 0.116. The van der Waals surface area contributed by atoms with Crippen molar-refractivity contribution in [3.05, 3.63) is 163 Å². The van der Waals surface area contributed by atoms with Crippen molar-refractivity contribution >= 4 is 43.4 Å². The van der Waals surface area contributed by atoms with Gasteiger partial charge in [-0.25, -0.2) is 0 Å². The maximum atomic E-state index is 4.43. The molecule has 3 aromatic heterocycles. The van der Waals surface area contributed by atoms with Crippen LogP contribution in [0, 0.1) is 18.2 Å². The van der Waals surface area contributed by atoms with Crippen LogP contribution in [-0.2, 0) is 32.9 Å². The van der Waals surface area contributed by atoms with Gasteiger partial charge in [0.25, 0.3) is 0 Å². The van der Waals surface area contributed by atoms with Crippen LogP contribution in [0.25, 0.3) is 54.6 Å². The van der Waals surface area contributed by atoms with Gasteiger partial charge >= 0.3 is 20.1 Å². The molecular weight excluding hydrogens is 703 g/mol. The molecule has 0 atom stereocenters. The van der Waals surface area contributed by atoms with E-state index < -0.39 is 0 Å². The molecule has 3 nitrogen and oxygen atoms in total. The summed E-state index contributed by atoms with van der Waals surface area (Å²) in [6, 6.07) is 48.6. The summed E-state index contributed by atoms with van der Waals surface area (Å²) in [5.74, 6) is 0. The van der Waals surface area contributed by atoms with Gasteiger partial charge in [0.1, 0.15) is 0 Å². The Balaban J connectivity index is 0.000000113. The molecule has 1 aliphatic carbocycles. The van der Waals surface area contributed by atoms with Gasteiger partial charge in [0, 0.05) is 18.6 Å². The molecular formula is C39H26IrN3. The molecule has 0 saturated heterocycles. The summed E-state index contributed by atoms with van der Waals surface area (Å²) in [4.78, 5) is 13.2. The minimum absolute atomic E-state index is 0. The second-order valence-corrected chi connectivity index (χ2v) is 10.1. The van der Waals surface area contributed by atoms with E-state index in [1.807, 2.05) is 73.2 Å². The van der Waals surface area contributed by atoms with Crippen LogP contribution in [0.1, 0.15) is 11.1 Å². The van der Waals surface area contributed by atoms with Crippen LogP contribution < -0.4 is 0 Å². The van der Waals surface area contributed by atoms with Gasteiger partial charge in [0.05, 0.1) is 0 Å². The summed E-state index contributed by atoms with van der Waals surface area (Å²) >= 11 is 0. The summed E-state index contributed by atoms with van der Waals surface area (Å²) in [5, 5.41) is 6.93. The number of pyridine rings is 3. The van der Waals surface area contributed by atoms with E-state index in [0.29, 0.717) is 0 Å². The Hall–Kier alpha value is -4.76. The summed E-state index contributed by atoms with van der Waals surface area (Å²) in [5.41, 5.74) is 7.10. The molecule has 0 fully saturated rings. The monoisotopic (exact) mass is 729 g/mol. The van der Waals surface area contributed by atoms with E-state index in [1.54, 1.807) is 0 Å². The van der Waals surface area contributed by atoms with Gasteiger partial charge in [-0.05, 0) is 52.1 Å². The Morgan fingerprint density at radius 1 is 0.442 bits per heavy atom. The van der Waals surface area contributed by atoms with Gasteiger partial charge in [-0.3, -0.25) is 0 Å². The number of hydrogen-bond acceptors (Lipinski definition) is 3. The van der Waals surface area contributed by atoms with Gasteiger partial charge in [0.2, 0.25) is 0 Å². The first kappa shape index (κ1) is 28.4. The minimum atomic E-state index is 0. The Kier molecular flexibility index (Phi) is 8.60. The molecule has 43 heavy (non-hydrogen) atoms. The van der Waals surface area contributed by atoms with Crippen molar-refractivity contribution < 1.29 is 20.1 Å². The molecule has 0 radical (unpaired) electrons. The van der Waals surface area contributed by atoms with Gasteiger partial charge in [-0.2, -0.15) is 0 Å². The molecule has 0 bridgehead atoms. The molecule has 0 saturated carbocycles. The van der Waals surface area contributed by atoms with Crippen molar-refractivity contribution in [2.75, 3.05) is 0 Å². The first-order valence-corrected chi connectivity index (χ1v) is 14.1. The predicted molar refractivity (Wildman–Crippen MR) is 172 cm³/mol. The maximum Gasteiger partial charge on any atom is 3.00 e. The van der Waals surface area contributed by atoms with E-state index in [9.17, 15) is 0 Å². The zero-order valence-corrected chi connectivity index (χ0v) is 25.7. The SMILES string of the molecule is [Ir+3].[c-]1cccc2c1-c1ncccc1CC2.[c-]1cccc2ccc3cccnc3c12.[c-]1cccc2ccc3cccnc3c12. The van der Waals surface area contributed by atoms with E-state index in [4.69, 9.17) is 0 Å². The molecule has 1 aliphatic rings. The van der Waals surface area contributed by atoms with Crippen molar-refractivity contribution in [3.8, 4) is 11.3 Å². The first-order valence-electron chi connectivity index (χ1n) is 14.1. The van der Waals surface area contributed by atoms with Crippen LogP contribution in [0.4, 0.5) is 0 Å².